The van der Waals surface area contributed by atoms with Crippen molar-refractivity contribution in [3.05, 3.63) is 35.9 Å². The number of thiol groups is 1. The molecule has 0 radical (unpaired) electrons. The first-order chi connectivity index (χ1) is 11.5. The Kier molecular flexibility index (Phi) is 6.99. The van der Waals surface area contributed by atoms with Gasteiger partial charge in [-0.05, 0) is 12.0 Å². The Morgan fingerprint density at radius 2 is 2.08 bits per heavy atom. The Morgan fingerprint density at radius 3 is 2.75 bits per heavy atom. The molecule has 1 heterocycles. The summed E-state index contributed by atoms with van der Waals surface area (Å²) in [5.74, 6) is -0.641. The van der Waals surface area contributed by atoms with E-state index >= 15 is 0 Å². The van der Waals surface area contributed by atoms with Gasteiger partial charge in [-0.25, -0.2) is 0 Å². The predicted octanol–water partition coefficient (Wildman–Crippen LogP) is 0.672. The van der Waals surface area contributed by atoms with Gasteiger partial charge in [0, 0.05) is 18.1 Å². The van der Waals surface area contributed by atoms with Crippen LogP contribution >= 0.6 is 24.4 Å². The molecule has 2 rings (SSSR count). The molecule has 0 aliphatic carbocycles. The van der Waals surface area contributed by atoms with Crippen LogP contribution in [0.5, 0.6) is 0 Å². The second kappa shape index (κ2) is 8.98. The Morgan fingerprint density at radius 1 is 1.38 bits per heavy atom. The molecule has 130 valence electrons. The van der Waals surface area contributed by atoms with Crippen LogP contribution in [0.4, 0.5) is 0 Å². The number of carboxylic acids is 1. The lowest BCUT2D eigenvalue weighted by atomic mass is 10.1. The maximum atomic E-state index is 12.4. The van der Waals surface area contributed by atoms with Gasteiger partial charge in [-0.3, -0.25) is 14.4 Å². The summed E-state index contributed by atoms with van der Waals surface area (Å²) in [5.41, 5.74) is 0.988. The lowest BCUT2D eigenvalue weighted by Crippen LogP contribution is -2.51. The zero-order valence-corrected chi connectivity index (χ0v) is 14.8. The fraction of sp³-hybridized carbons (Fsp3) is 0.438. The van der Waals surface area contributed by atoms with Gasteiger partial charge in [0.15, 0.2) is 0 Å². The quantitative estimate of drug-likeness (QED) is 0.643. The van der Waals surface area contributed by atoms with E-state index in [-0.39, 0.29) is 18.4 Å². The third kappa shape index (κ3) is 5.45. The minimum atomic E-state index is -1.06. The van der Waals surface area contributed by atoms with Gasteiger partial charge in [0.2, 0.25) is 11.8 Å². The molecule has 0 aromatic heterocycles. The van der Waals surface area contributed by atoms with Crippen molar-refractivity contribution in [2.75, 3.05) is 24.6 Å². The molecule has 0 spiro atoms. The van der Waals surface area contributed by atoms with Crippen molar-refractivity contribution in [1.82, 2.24) is 10.2 Å². The molecule has 8 heteroatoms. The standard InChI is InChI=1S/C16H20N2O4S2/c19-14(20)9-18-6-7-24-10-12(16(18)22)17-15(21)13(23)8-11-4-2-1-3-5-11/h1-5,12-13,23H,6-10H2,(H,17,21)(H,19,20)/t12-,13?/m0/s1. The van der Waals surface area contributed by atoms with Crippen molar-refractivity contribution in [1.29, 1.82) is 0 Å². The highest BCUT2D eigenvalue weighted by Gasteiger charge is 2.30. The van der Waals surface area contributed by atoms with Gasteiger partial charge < -0.3 is 15.3 Å². The van der Waals surface area contributed by atoms with E-state index in [0.717, 1.165) is 5.56 Å². The molecule has 1 aliphatic rings. The number of carboxylic acid groups (broad SMARTS) is 1. The van der Waals surface area contributed by atoms with Crippen LogP contribution in [-0.4, -0.2) is 63.7 Å². The molecule has 2 N–H and O–H groups in total. The van der Waals surface area contributed by atoms with Crippen molar-refractivity contribution in [2.45, 2.75) is 17.7 Å². The molecule has 0 saturated carbocycles. The van der Waals surface area contributed by atoms with Crippen LogP contribution in [-0.2, 0) is 20.8 Å². The summed E-state index contributed by atoms with van der Waals surface area (Å²) < 4.78 is 0. The van der Waals surface area contributed by atoms with E-state index in [1.54, 1.807) is 0 Å². The molecule has 1 unspecified atom stereocenters. The zero-order valence-electron chi connectivity index (χ0n) is 13.1. The lowest BCUT2D eigenvalue weighted by molar-refractivity contribution is -0.145. The molecule has 1 saturated heterocycles. The number of amides is 2. The van der Waals surface area contributed by atoms with Crippen molar-refractivity contribution < 1.29 is 19.5 Å². The van der Waals surface area contributed by atoms with E-state index in [4.69, 9.17) is 5.11 Å². The van der Waals surface area contributed by atoms with Crippen LogP contribution in [0, 0.1) is 0 Å². The van der Waals surface area contributed by atoms with E-state index in [1.807, 2.05) is 30.3 Å². The minimum absolute atomic E-state index is 0.321. The largest absolute Gasteiger partial charge is 0.480 e. The molecule has 2 amide bonds. The second-order valence-corrected chi connectivity index (χ2v) is 7.27. The molecule has 0 bridgehead atoms. The van der Waals surface area contributed by atoms with Crippen LogP contribution in [0.3, 0.4) is 0 Å². The topological polar surface area (TPSA) is 86.7 Å². The number of benzene rings is 1. The number of thioether (sulfide) groups is 1. The van der Waals surface area contributed by atoms with Gasteiger partial charge in [-0.15, -0.1) is 0 Å². The van der Waals surface area contributed by atoms with E-state index in [0.29, 0.717) is 24.5 Å². The fourth-order valence-electron chi connectivity index (χ4n) is 2.40. The Hall–Kier alpha value is -1.67. The summed E-state index contributed by atoms with van der Waals surface area (Å²) in [4.78, 5) is 36.9. The maximum Gasteiger partial charge on any atom is 0.323 e. The number of hydrogen-bond donors (Lipinski definition) is 3. The average molecular weight is 368 g/mol. The summed E-state index contributed by atoms with van der Waals surface area (Å²) in [6.07, 6.45) is 0.461. The molecule has 24 heavy (non-hydrogen) atoms. The van der Waals surface area contributed by atoms with Crippen molar-refractivity contribution >= 4 is 42.2 Å². The zero-order chi connectivity index (χ0) is 17.5. The first-order valence-corrected chi connectivity index (χ1v) is 9.25. The van der Waals surface area contributed by atoms with Crippen LogP contribution in [0.15, 0.2) is 30.3 Å². The summed E-state index contributed by atoms with van der Waals surface area (Å²) in [5, 5.41) is 11.0. The van der Waals surface area contributed by atoms with E-state index < -0.39 is 17.3 Å². The summed E-state index contributed by atoms with van der Waals surface area (Å²) >= 11 is 5.85. The van der Waals surface area contributed by atoms with Crippen molar-refractivity contribution in [2.24, 2.45) is 0 Å². The van der Waals surface area contributed by atoms with Gasteiger partial charge in [0.05, 0.1) is 5.25 Å². The van der Waals surface area contributed by atoms with Gasteiger partial charge in [-0.1, -0.05) is 30.3 Å². The highest BCUT2D eigenvalue weighted by Crippen LogP contribution is 2.14. The number of aliphatic carboxylic acids is 1. The molecule has 1 aromatic carbocycles. The molecule has 1 aromatic rings. The van der Waals surface area contributed by atoms with Gasteiger partial charge in [0.25, 0.3) is 0 Å². The van der Waals surface area contributed by atoms with E-state index in [9.17, 15) is 14.4 Å². The summed E-state index contributed by atoms with van der Waals surface area (Å²) in [6.45, 7) is 0.0244. The number of carbonyl (C=O) groups excluding carboxylic acids is 2. The van der Waals surface area contributed by atoms with Crippen LogP contribution in [0.2, 0.25) is 0 Å². The molecule has 6 nitrogen and oxygen atoms in total. The van der Waals surface area contributed by atoms with Gasteiger partial charge in [-0.2, -0.15) is 24.4 Å². The number of nitrogens with one attached hydrogen (secondary N) is 1. The number of rotatable bonds is 6. The predicted molar refractivity (Wildman–Crippen MR) is 96.4 cm³/mol. The highest BCUT2D eigenvalue weighted by atomic mass is 32.2. The number of carbonyl (C=O) groups is 3. The van der Waals surface area contributed by atoms with Gasteiger partial charge >= 0.3 is 5.97 Å². The molecule has 1 fully saturated rings. The Bertz CT molecular complexity index is 597. The third-order valence-corrected chi connectivity index (χ3v) is 5.07. The first kappa shape index (κ1) is 18.7. The smallest absolute Gasteiger partial charge is 0.323 e. The van der Waals surface area contributed by atoms with Crippen LogP contribution < -0.4 is 5.32 Å². The minimum Gasteiger partial charge on any atom is -0.480 e. The third-order valence-electron chi connectivity index (χ3n) is 3.62. The van der Waals surface area contributed by atoms with Crippen LogP contribution in [0.25, 0.3) is 0 Å². The van der Waals surface area contributed by atoms with E-state index in [2.05, 4.69) is 17.9 Å². The molecular weight excluding hydrogens is 348 g/mol. The SMILES string of the molecule is O=C(O)CN1CCSC[C@H](NC(=O)C(S)Cc2ccccc2)C1=O. The summed E-state index contributed by atoms with van der Waals surface area (Å²) in [6, 6.07) is 8.80. The fourth-order valence-corrected chi connectivity index (χ4v) is 3.66. The first-order valence-electron chi connectivity index (χ1n) is 7.58. The lowest BCUT2D eigenvalue weighted by Gasteiger charge is -2.23. The van der Waals surface area contributed by atoms with Crippen LogP contribution in [0.1, 0.15) is 5.56 Å². The number of nitrogens with zero attached hydrogens (tertiary/aromatic N) is 1. The molecular formula is C16H20N2O4S2. The summed E-state index contributed by atoms with van der Waals surface area (Å²) in [7, 11) is 0. The van der Waals surface area contributed by atoms with Crippen molar-refractivity contribution in [3.8, 4) is 0 Å². The second-order valence-electron chi connectivity index (χ2n) is 5.50. The number of hydrogen-bond acceptors (Lipinski definition) is 5. The van der Waals surface area contributed by atoms with Crippen molar-refractivity contribution in [3.63, 3.8) is 0 Å². The molecule has 1 aliphatic heterocycles. The Balaban J connectivity index is 1.95. The molecule has 2 atom stereocenters. The normalized spacial score (nSPS) is 19.5. The highest BCUT2D eigenvalue weighted by molar-refractivity contribution is 7.99. The average Bonchev–Trinajstić information content (AvgIpc) is 2.71. The monoisotopic (exact) mass is 368 g/mol. The maximum absolute atomic E-state index is 12.4. The van der Waals surface area contributed by atoms with E-state index in [1.165, 1.54) is 16.7 Å². The Labute approximate surface area is 150 Å². The van der Waals surface area contributed by atoms with Gasteiger partial charge in [0.1, 0.15) is 12.6 Å².